The highest BCUT2D eigenvalue weighted by atomic mass is 127. The Balaban J connectivity index is 3.45. The van der Waals surface area contributed by atoms with Crippen LogP contribution in [0.1, 0.15) is 6.92 Å². The topological polar surface area (TPSA) is 29.4 Å². The Kier molecular flexibility index (Phi) is 2.81. The normalized spacial score (nSPS) is 11.2. The highest BCUT2D eigenvalue weighted by Crippen LogP contribution is 2.26. The number of hydrogen-bond acceptors (Lipinski definition) is 2. The molecule has 0 aromatic heterocycles. The quantitative estimate of drug-likeness (QED) is 0.316. The highest BCUT2D eigenvalue weighted by molar-refractivity contribution is 14.2. The summed E-state index contributed by atoms with van der Waals surface area (Å²) in [6, 6.07) is 0. The molecule has 0 N–H and O–H groups in total. The third-order valence-corrected chi connectivity index (χ3v) is 0.554. The van der Waals surface area contributed by atoms with Gasteiger partial charge in [-0.3, -0.25) is 0 Å². The lowest BCUT2D eigenvalue weighted by Crippen LogP contribution is -1.93. The zero-order chi connectivity index (χ0) is 5.21. The minimum atomic E-state index is -0.449. The molecule has 6 heavy (non-hydrogen) atoms. The summed E-state index contributed by atoms with van der Waals surface area (Å²) < 4.78 is -0.449. The Morgan fingerprint density at radius 3 is 1.83 bits per heavy atom. The fourth-order valence-electron chi connectivity index (χ4n) is 0. The SMILES string of the molecule is CC(I)(I)N=O. The van der Waals surface area contributed by atoms with Crippen LogP contribution in [0.2, 0.25) is 0 Å². The van der Waals surface area contributed by atoms with Gasteiger partial charge in [-0.05, 0) is 57.3 Å². The molecule has 0 aromatic rings. The minimum Gasteiger partial charge on any atom is -0.149 e. The third-order valence-electron chi connectivity index (χ3n) is 0.160. The third kappa shape index (κ3) is 5.06. The van der Waals surface area contributed by atoms with E-state index in [1.165, 1.54) is 0 Å². The Bertz CT molecular complexity index is 57.1. The maximum Gasteiger partial charge on any atom is 0.200 e. The molecule has 0 atom stereocenters. The molecule has 0 amide bonds. The second kappa shape index (κ2) is 2.39. The van der Waals surface area contributed by atoms with Gasteiger partial charge in [0.25, 0.3) is 0 Å². The van der Waals surface area contributed by atoms with E-state index in [1.807, 2.05) is 45.2 Å². The van der Waals surface area contributed by atoms with Crippen molar-refractivity contribution in [2.24, 2.45) is 5.18 Å². The largest absolute Gasteiger partial charge is 0.200 e. The molecule has 0 aliphatic carbocycles. The van der Waals surface area contributed by atoms with Crippen molar-refractivity contribution in [3.63, 3.8) is 0 Å². The molecule has 0 saturated carbocycles. The summed E-state index contributed by atoms with van der Waals surface area (Å²) in [5.74, 6) is 0. The summed E-state index contributed by atoms with van der Waals surface area (Å²) in [4.78, 5) is 9.56. The van der Waals surface area contributed by atoms with E-state index >= 15 is 0 Å². The van der Waals surface area contributed by atoms with E-state index in [0.29, 0.717) is 0 Å². The van der Waals surface area contributed by atoms with Gasteiger partial charge in [0.1, 0.15) is 0 Å². The van der Waals surface area contributed by atoms with Crippen LogP contribution in [0.15, 0.2) is 5.18 Å². The first-order valence-corrected chi connectivity index (χ1v) is 3.44. The molecule has 0 bridgehead atoms. The molecule has 0 radical (unpaired) electrons. The van der Waals surface area contributed by atoms with Gasteiger partial charge in [-0.25, -0.2) is 0 Å². The van der Waals surface area contributed by atoms with Crippen LogP contribution in [0.5, 0.6) is 0 Å². The first-order chi connectivity index (χ1) is 2.56. The first-order valence-electron chi connectivity index (χ1n) is 1.28. The van der Waals surface area contributed by atoms with Gasteiger partial charge < -0.3 is 0 Å². The Hall–Kier alpha value is 1.06. The van der Waals surface area contributed by atoms with E-state index in [1.54, 1.807) is 6.92 Å². The van der Waals surface area contributed by atoms with Crippen molar-refractivity contribution < 1.29 is 0 Å². The smallest absolute Gasteiger partial charge is 0.149 e. The predicted molar refractivity (Wildman–Crippen MR) is 42.2 cm³/mol. The second-order valence-corrected chi connectivity index (χ2v) is 7.20. The molecule has 0 rings (SSSR count). The van der Waals surface area contributed by atoms with Crippen molar-refractivity contribution >= 4 is 45.2 Å². The molecule has 0 heterocycles. The minimum absolute atomic E-state index is 0.449. The van der Waals surface area contributed by atoms with Crippen molar-refractivity contribution in [3.8, 4) is 0 Å². The Morgan fingerprint density at radius 2 is 1.83 bits per heavy atom. The lowest BCUT2D eigenvalue weighted by Gasteiger charge is -1.96. The standard InChI is InChI=1S/C2H3I2NO/c1-2(3,4)5-6/h1H3. The number of halogens is 2. The monoisotopic (exact) mass is 311 g/mol. The van der Waals surface area contributed by atoms with Gasteiger partial charge >= 0.3 is 0 Å². The molecule has 0 spiro atoms. The fraction of sp³-hybridized carbons (Fsp3) is 1.00. The molecule has 0 fully saturated rings. The molecule has 0 aliphatic heterocycles. The average Bonchev–Trinajstić information content (AvgIpc) is 1.35. The Morgan fingerprint density at radius 1 is 1.67 bits per heavy atom. The van der Waals surface area contributed by atoms with Crippen LogP contribution in [-0.2, 0) is 0 Å². The number of nitrogens with zero attached hydrogens (tertiary/aromatic N) is 1. The van der Waals surface area contributed by atoms with Crippen molar-refractivity contribution in [2.45, 2.75) is 8.48 Å². The van der Waals surface area contributed by atoms with Crippen LogP contribution in [0.25, 0.3) is 0 Å². The van der Waals surface area contributed by atoms with Gasteiger partial charge in [-0.1, -0.05) is 0 Å². The van der Waals surface area contributed by atoms with Crippen molar-refractivity contribution in [2.75, 3.05) is 0 Å². The fourth-order valence-corrected chi connectivity index (χ4v) is 0. The van der Waals surface area contributed by atoms with Crippen LogP contribution in [0.4, 0.5) is 0 Å². The van der Waals surface area contributed by atoms with Crippen LogP contribution in [0.3, 0.4) is 0 Å². The molecular weight excluding hydrogens is 308 g/mol. The summed E-state index contributed by atoms with van der Waals surface area (Å²) in [7, 11) is 0. The zero-order valence-electron chi connectivity index (χ0n) is 3.11. The molecule has 0 aliphatic rings. The van der Waals surface area contributed by atoms with E-state index in [-0.39, 0.29) is 0 Å². The molecule has 36 valence electrons. The number of rotatable bonds is 1. The summed E-state index contributed by atoms with van der Waals surface area (Å²) in [6.45, 7) is 1.74. The summed E-state index contributed by atoms with van der Waals surface area (Å²) in [5, 5.41) is 2.74. The van der Waals surface area contributed by atoms with Gasteiger partial charge in [-0.15, -0.1) is 4.91 Å². The molecule has 0 saturated heterocycles. The second-order valence-electron chi connectivity index (χ2n) is 0.933. The van der Waals surface area contributed by atoms with Crippen LogP contribution < -0.4 is 0 Å². The van der Waals surface area contributed by atoms with Crippen molar-refractivity contribution in [1.29, 1.82) is 0 Å². The molecule has 0 aromatic carbocycles. The summed E-state index contributed by atoms with van der Waals surface area (Å²) >= 11 is 3.90. The van der Waals surface area contributed by atoms with E-state index in [9.17, 15) is 4.91 Å². The van der Waals surface area contributed by atoms with Gasteiger partial charge in [-0.2, -0.15) is 0 Å². The lowest BCUT2D eigenvalue weighted by atomic mass is 10.8. The van der Waals surface area contributed by atoms with Gasteiger partial charge in [0.2, 0.25) is 0 Å². The number of nitroso groups, excluding NO2 is 1. The molecule has 2 nitrogen and oxygen atoms in total. The maximum absolute atomic E-state index is 9.56. The number of alkyl halides is 2. The average molecular weight is 311 g/mol. The highest BCUT2D eigenvalue weighted by Gasteiger charge is 2.12. The lowest BCUT2D eigenvalue weighted by molar-refractivity contribution is 1.04. The molecular formula is C2H3I2NO. The van der Waals surface area contributed by atoms with E-state index in [2.05, 4.69) is 5.18 Å². The maximum atomic E-state index is 9.56. The van der Waals surface area contributed by atoms with Gasteiger partial charge in [0, 0.05) is 0 Å². The van der Waals surface area contributed by atoms with Crippen LogP contribution >= 0.6 is 45.2 Å². The number of hydrogen-bond donors (Lipinski definition) is 0. The zero-order valence-corrected chi connectivity index (χ0v) is 7.43. The predicted octanol–water partition coefficient (Wildman–Crippen LogP) is 2.30. The summed E-state index contributed by atoms with van der Waals surface area (Å²) in [5.41, 5.74) is 0. The van der Waals surface area contributed by atoms with Crippen molar-refractivity contribution in [1.82, 2.24) is 0 Å². The van der Waals surface area contributed by atoms with Crippen LogP contribution in [0, 0.1) is 4.91 Å². The summed E-state index contributed by atoms with van der Waals surface area (Å²) in [6.07, 6.45) is 0. The first kappa shape index (κ1) is 7.06. The van der Waals surface area contributed by atoms with E-state index in [0.717, 1.165) is 0 Å². The van der Waals surface area contributed by atoms with Crippen molar-refractivity contribution in [3.05, 3.63) is 4.91 Å². The Labute approximate surface area is 63.3 Å². The van der Waals surface area contributed by atoms with Gasteiger partial charge in [0.15, 0.2) is 1.55 Å². The van der Waals surface area contributed by atoms with E-state index in [4.69, 9.17) is 0 Å². The molecule has 0 unspecified atom stereocenters. The van der Waals surface area contributed by atoms with Gasteiger partial charge in [0.05, 0.1) is 0 Å². The van der Waals surface area contributed by atoms with E-state index < -0.39 is 1.55 Å². The van der Waals surface area contributed by atoms with Crippen LogP contribution in [-0.4, -0.2) is 1.55 Å². The molecule has 4 heteroatoms.